The predicted octanol–water partition coefficient (Wildman–Crippen LogP) is 6.61. The van der Waals surface area contributed by atoms with E-state index in [1.807, 2.05) is 0 Å². The largest absolute Gasteiger partial charge is 0.454 e. The summed E-state index contributed by atoms with van der Waals surface area (Å²) < 4.78 is 5.34. The first kappa shape index (κ1) is 28.4. The molecule has 5 aromatic rings. The van der Waals surface area contributed by atoms with Crippen LogP contribution in [0.1, 0.15) is 47.0 Å². The van der Waals surface area contributed by atoms with Gasteiger partial charge in [-0.3, -0.25) is 24.5 Å². The van der Waals surface area contributed by atoms with Gasteiger partial charge < -0.3 is 4.74 Å². The number of hydrogen-bond donors (Lipinski definition) is 0. The first-order chi connectivity index (χ1) is 21.1. The highest BCUT2D eigenvalue weighted by atomic mass is 35.5. The minimum Gasteiger partial charge on any atom is -0.454 e. The number of fused-ring (bicyclic) bond motifs is 2. The van der Waals surface area contributed by atoms with Gasteiger partial charge in [-0.1, -0.05) is 60.1 Å². The van der Waals surface area contributed by atoms with Crippen LogP contribution in [0.2, 0.25) is 5.02 Å². The number of nitro benzene ring substituents is 1. The Morgan fingerprint density at radius 2 is 1.59 bits per heavy atom. The van der Waals surface area contributed by atoms with Crippen LogP contribution in [0.15, 0.2) is 91.0 Å². The fraction of sp³-hybridized carbons (Fsp3) is 0.0606. The smallest absolute Gasteiger partial charge is 0.339 e. The van der Waals surface area contributed by atoms with Gasteiger partial charge in [0.2, 0.25) is 5.78 Å². The molecule has 0 unspecified atom stereocenters. The number of anilines is 1. The zero-order valence-electron chi connectivity index (χ0n) is 22.9. The van der Waals surface area contributed by atoms with Crippen molar-refractivity contribution in [2.24, 2.45) is 0 Å². The molecule has 10 nitrogen and oxygen atoms in total. The van der Waals surface area contributed by atoms with Gasteiger partial charge in [0, 0.05) is 28.1 Å². The third-order valence-electron chi connectivity index (χ3n) is 7.29. The number of carbonyl (C=O) groups excluding carboxylic acids is 4. The molecule has 0 fully saturated rings. The number of Topliss-reactive ketones (excluding diaryl/α,β-unsaturated/α-hetero) is 1. The van der Waals surface area contributed by atoms with Crippen LogP contribution in [-0.2, 0) is 4.74 Å². The van der Waals surface area contributed by atoms with Crippen LogP contribution in [0.3, 0.4) is 0 Å². The van der Waals surface area contributed by atoms with Crippen molar-refractivity contribution in [2.75, 3.05) is 11.5 Å². The molecular weight excluding hydrogens is 586 g/mol. The van der Waals surface area contributed by atoms with Gasteiger partial charge >= 0.3 is 5.97 Å². The number of halogens is 1. The second-order valence-corrected chi connectivity index (χ2v) is 10.4. The lowest BCUT2D eigenvalue weighted by Gasteiger charge is -2.15. The standard InChI is InChI=1S/C33H20ClN3O7/c1-18-9-10-20(15-28(18)37(42)43)29(38)17-44-33(41)25-16-27(35-30-22(25)7-4-8-26(30)34)19-11-13-21(14-12-19)36-31(39)23-5-2-3-6-24(23)32(36)40/h2-16H,17H2,1H3. The summed E-state index contributed by atoms with van der Waals surface area (Å²) >= 11 is 6.44. The first-order valence-electron chi connectivity index (χ1n) is 13.3. The number of carbonyl (C=O) groups is 4. The number of imide groups is 1. The van der Waals surface area contributed by atoms with Gasteiger partial charge in [0.1, 0.15) is 0 Å². The third-order valence-corrected chi connectivity index (χ3v) is 7.59. The molecule has 1 aliphatic heterocycles. The lowest BCUT2D eigenvalue weighted by atomic mass is 10.0. The highest BCUT2D eigenvalue weighted by Gasteiger charge is 2.36. The minimum atomic E-state index is -0.821. The van der Waals surface area contributed by atoms with Crippen LogP contribution in [-0.4, -0.2) is 40.1 Å². The molecule has 2 heterocycles. The lowest BCUT2D eigenvalue weighted by Crippen LogP contribution is -2.29. The second-order valence-electron chi connectivity index (χ2n) is 9.99. The molecular formula is C33H20ClN3O7. The first-order valence-corrected chi connectivity index (χ1v) is 13.6. The average Bonchev–Trinajstić information content (AvgIpc) is 3.28. The SMILES string of the molecule is Cc1ccc(C(=O)COC(=O)c2cc(-c3ccc(N4C(=O)c5ccccc5C4=O)cc3)nc3c(Cl)cccc23)cc1[N+](=O)[O-]. The molecule has 44 heavy (non-hydrogen) atoms. The topological polar surface area (TPSA) is 137 Å². The fourth-order valence-corrected chi connectivity index (χ4v) is 5.22. The Morgan fingerprint density at radius 3 is 2.25 bits per heavy atom. The van der Waals surface area contributed by atoms with Gasteiger partial charge in [-0.05, 0) is 43.3 Å². The van der Waals surface area contributed by atoms with Gasteiger partial charge in [-0.15, -0.1) is 0 Å². The molecule has 0 atom stereocenters. The molecule has 0 bridgehead atoms. The van der Waals surface area contributed by atoms with Crippen molar-refractivity contribution in [3.05, 3.63) is 134 Å². The number of aromatic nitrogens is 1. The maximum atomic E-state index is 13.3. The van der Waals surface area contributed by atoms with Crippen molar-refractivity contribution in [2.45, 2.75) is 6.92 Å². The van der Waals surface area contributed by atoms with Gasteiger partial charge in [-0.25, -0.2) is 14.7 Å². The number of amides is 2. The summed E-state index contributed by atoms with van der Waals surface area (Å²) in [6, 6.07) is 23.6. The molecule has 1 aliphatic rings. The average molecular weight is 606 g/mol. The van der Waals surface area contributed by atoms with E-state index in [1.165, 1.54) is 18.2 Å². The van der Waals surface area contributed by atoms with E-state index in [0.29, 0.717) is 44.5 Å². The summed E-state index contributed by atoms with van der Waals surface area (Å²) in [7, 11) is 0. The number of para-hydroxylation sites is 1. The quantitative estimate of drug-likeness (QED) is 0.0664. The predicted molar refractivity (Wildman–Crippen MR) is 162 cm³/mol. The monoisotopic (exact) mass is 605 g/mol. The van der Waals surface area contributed by atoms with E-state index in [9.17, 15) is 29.3 Å². The molecule has 6 rings (SSSR count). The number of aryl methyl sites for hydroxylation is 1. The molecule has 0 radical (unpaired) electrons. The van der Waals surface area contributed by atoms with Crippen molar-refractivity contribution in [3.63, 3.8) is 0 Å². The summed E-state index contributed by atoms with van der Waals surface area (Å²) in [6.07, 6.45) is 0. The van der Waals surface area contributed by atoms with Crippen LogP contribution < -0.4 is 4.90 Å². The summed E-state index contributed by atoms with van der Waals surface area (Å²) in [5.74, 6) is -2.28. The van der Waals surface area contributed by atoms with Crippen LogP contribution in [0.4, 0.5) is 11.4 Å². The molecule has 0 aliphatic carbocycles. The molecule has 216 valence electrons. The van der Waals surface area contributed by atoms with Gasteiger partial charge in [0.05, 0.1) is 43.5 Å². The Hall–Kier alpha value is -5.74. The maximum absolute atomic E-state index is 13.3. The molecule has 1 aromatic heterocycles. The zero-order chi connectivity index (χ0) is 31.1. The Balaban J connectivity index is 1.29. The van der Waals surface area contributed by atoms with E-state index in [-0.39, 0.29) is 21.8 Å². The van der Waals surface area contributed by atoms with Crippen LogP contribution in [0.5, 0.6) is 0 Å². The van der Waals surface area contributed by atoms with E-state index in [2.05, 4.69) is 4.98 Å². The highest BCUT2D eigenvalue weighted by molar-refractivity contribution is 6.35. The van der Waals surface area contributed by atoms with E-state index in [4.69, 9.17) is 16.3 Å². The van der Waals surface area contributed by atoms with E-state index in [0.717, 1.165) is 11.0 Å². The van der Waals surface area contributed by atoms with Gasteiger partial charge in [0.15, 0.2) is 6.61 Å². The van der Waals surface area contributed by atoms with E-state index in [1.54, 1.807) is 73.7 Å². The summed E-state index contributed by atoms with van der Waals surface area (Å²) in [5, 5.41) is 11.9. The maximum Gasteiger partial charge on any atom is 0.339 e. The molecule has 4 aromatic carbocycles. The number of esters is 1. The van der Waals surface area contributed by atoms with Crippen molar-refractivity contribution in [1.82, 2.24) is 4.98 Å². The number of ketones is 1. The normalized spacial score (nSPS) is 12.4. The zero-order valence-corrected chi connectivity index (χ0v) is 23.7. The van der Waals surface area contributed by atoms with Crippen LogP contribution >= 0.6 is 11.6 Å². The van der Waals surface area contributed by atoms with Crippen LogP contribution in [0.25, 0.3) is 22.2 Å². The van der Waals surface area contributed by atoms with Gasteiger partial charge in [-0.2, -0.15) is 0 Å². The Bertz CT molecular complexity index is 2020. The Morgan fingerprint density at radius 1 is 0.909 bits per heavy atom. The van der Waals surface area contributed by atoms with Crippen molar-refractivity contribution < 1.29 is 28.8 Å². The molecule has 0 saturated carbocycles. The second kappa shape index (κ2) is 11.2. The van der Waals surface area contributed by atoms with E-state index >= 15 is 0 Å². The number of ether oxygens (including phenoxy) is 1. The molecule has 0 saturated heterocycles. The fourth-order valence-electron chi connectivity index (χ4n) is 5.01. The number of pyridine rings is 1. The molecule has 11 heteroatoms. The highest BCUT2D eigenvalue weighted by Crippen LogP contribution is 2.33. The van der Waals surface area contributed by atoms with Gasteiger partial charge in [0.25, 0.3) is 17.5 Å². The number of rotatable bonds is 7. The molecule has 0 spiro atoms. The number of nitrogens with zero attached hydrogens (tertiary/aromatic N) is 3. The number of nitro groups is 1. The molecule has 2 amide bonds. The van der Waals surface area contributed by atoms with Crippen molar-refractivity contribution in [1.29, 1.82) is 0 Å². The van der Waals surface area contributed by atoms with E-state index < -0.39 is 35.1 Å². The lowest BCUT2D eigenvalue weighted by molar-refractivity contribution is -0.385. The Labute approximate surface area is 254 Å². The minimum absolute atomic E-state index is 0.0385. The summed E-state index contributed by atoms with van der Waals surface area (Å²) in [4.78, 5) is 68.3. The van der Waals surface area contributed by atoms with Crippen molar-refractivity contribution >= 4 is 57.4 Å². The summed E-state index contributed by atoms with van der Waals surface area (Å²) in [6.45, 7) is 0.912. The summed E-state index contributed by atoms with van der Waals surface area (Å²) in [5.41, 5.74) is 2.58. The Kier molecular flexibility index (Phi) is 7.20. The van der Waals surface area contributed by atoms with Crippen molar-refractivity contribution in [3.8, 4) is 11.3 Å². The molecule has 0 N–H and O–H groups in total. The van der Waals surface area contributed by atoms with Crippen LogP contribution in [0, 0.1) is 17.0 Å². The third kappa shape index (κ3) is 4.97. The number of benzene rings is 4. The number of hydrogen-bond acceptors (Lipinski definition) is 8.